The maximum absolute atomic E-state index is 14.6. The number of rotatable bonds is 6. The zero-order chi connectivity index (χ0) is 33.0. The molecule has 15 heteroatoms. The second-order valence-electron chi connectivity index (χ2n) is 10.8. The largest absolute Gasteiger partial charge is 0.507 e. The van der Waals surface area contributed by atoms with Gasteiger partial charge in [-0.05, 0) is 38.3 Å². The van der Waals surface area contributed by atoms with Gasteiger partial charge in [0, 0.05) is 12.0 Å². The number of aliphatic hydroxyl groups is 1. The van der Waals surface area contributed by atoms with Gasteiger partial charge >= 0.3 is 11.9 Å². The number of amides is 2. The molecule has 0 spiro atoms. The summed E-state index contributed by atoms with van der Waals surface area (Å²) in [6, 6.07) is 1.51. The first-order valence-corrected chi connectivity index (χ1v) is 13.5. The maximum Gasteiger partial charge on any atom is 0.347 e. The van der Waals surface area contributed by atoms with E-state index in [1.165, 1.54) is 31.2 Å². The molecule has 2 aromatic carbocycles. The minimum absolute atomic E-state index is 0.0603. The SMILES string of the molecule is CC(C)CC1OC(=O)[C@H](C)[C@H](O)[C@H](Cc2c(F)c(F)c(F)c(F)c2F)NC(=O)[C@@H](NC(=O)c2ccccc2O)[C@@H](C)OC1=O. The number of hydrogen-bond donors (Lipinski definition) is 4. The molecule has 10 nitrogen and oxygen atoms in total. The van der Waals surface area contributed by atoms with Gasteiger partial charge in [-0.15, -0.1) is 0 Å². The van der Waals surface area contributed by atoms with Crippen LogP contribution in [-0.4, -0.2) is 64.4 Å². The smallest absolute Gasteiger partial charge is 0.347 e. The quantitative estimate of drug-likeness (QED) is 0.165. The molecule has 6 atom stereocenters. The number of ether oxygens (including phenoxy) is 2. The molecular weight excluding hydrogens is 599 g/mol. The Morgan fingerprint density at radius 2 is 1.50 bits per heavy atom. The highest BCUT2D eigenvalue weighted by Crippen LogP contribution is 2.27. The Kier molecular flexibility index (Phi) is 10.9. The Balaban J connectivity index is 2.10. The Morgan fingerprint density at radius 3 is 2.07 bits per heavy atom. The van der Waals surface area contributed by atoms with Crippen LogP contribution in [-0.2, 0) is 30.3 Å². The van der Waals surface area contributed by atoms with E-state index in [0.29, 0.717) is 0 Å². The third kappa shape index (κ3) is 7.44. The molecular formula is C29H31F5N2O8. The molecule has 240 valence electrons. The summed E-state index contributed by atoms with van der Waals surface area (Å²) >= 11 is 0. The second-order valence-corrected chi connectivity index (χ2v) is 10.8. The van der Waals surface area contributed by atoms with Gasteiger partial charge < -0.3 is 30.3 Å². The van der Waals surface area contributed by atoms with Crippen molar-refractivity contribution in [2.45, 2.75) is 70.9 Å². The highest BCUT2D eigenvalue weighted by molar-refractivity contribution is 6.00. The average molecular weight is 631 g/mol. The minimum Gasteiger partial charge on any atom is -0.507 e. The summed E-state index contributed by atoms with van der Waals surface area (Å²) < 4.78 is 81.4. The first-order valence-electron chi connectivity index (χ1n) is 13.5. The Morgan fingerprint density at radius 1 is 0.932 bits per heavy atom. The number of hydrogen-bond acceptors (Lipinski definition) is 8. The van der Waals surface area contributed by atoms with Crippen LogP contribution in [0.5, 0.6) is 5.75 Å². The van der Waals surface area contributed by atoms with E-state index in [2.05, 4.69) is 10.6 Å². The number of aromatic hydroxyl groups is 1. The normalized spacial score (nSPS) is 24.9. The fourth-order valence-electron chi connectivity index (χ4n) is 4.54. The molecule has 1 aliphatic heterocycles. The Hall–Kier alpha value is -4.27. The van der Waals surface area contributed by atoms with Gasteiger partial charge in [-0.3, -0.25) is 14.4 Å². The maximum atomic E-state index is 14.6. The van der Waals surface area contributed by atoms with E-state index in [4.69, 9.17) is 9.47 Å². The van der Waals surface area contributed by atoms with E-state index < -0.39 is 107 Å². The van der Waals surface area contributed by atoms with Gasteiger partial charge in [0.25, 0.3) is 5.91 Å². The van der Waals surface area contributed by atoms with Gasteiger partial charge in [0.2, 0.25) is 11.7 Å². The van der Waals surface area contributed by atoms with Crippen LogP contribution >= 0.6 is 0 Å². The fraction of sp³-hybridized carbons (Fsp3) is 0.448. The molecule has 1 saturated heterocycles. The van der Waals surface area contributed by atoms with E-state index in [-0.39, 0.29) is 17.9 Å². The molecule has 0 aromatic heterocycles. The molecule has 4 N–H and O–H groups in total. The van der Waals surface area contributed by atoms with Gasteiger partial charge in [0.15, 0.2) is 29.4 Å². The number of cyclic esters (lactones) is 2. The number of halogens is 5. The van der Waals surface area contributed by atoms with Crippen molar-refractivity contribution in [3.63, 3.8) is 0 Å². The summed E-state index contributed by atoms with van der Waals surface area (Å²) in [5.41, 5.74) is -1.69. The number of benzene rings is 2. The molecule has 2 amide bonds. The zero-order valence-electron chi connectivity index (χ0n) is 24.0. The molecule has 1 heterocycles. The van der Waals surface area contributed by atoms with Crippen molar-refractivity contribution >= 4 is 23.8 Å². The van der Waals surface area contributed by atoms with Crippen LogP contribution in [0.15, 0.2) is 24.3 Å². The zero-order valence-corrected chi connectivity index (χ0v) is 24.0. The number of esters is 2. The van der Waals surface area contributed by atoms with Crippen LogP contribution in [0.25, 0.3) is 0 Å². The number of carbonyl (C=O) groups excluding carboxylic acids is 4. The third-order valence-electron chi connectivity index (χ3n) is 7.04. The van der Waals surface area contributed by atoms with E-state index in [9.17, 15) is 51.3 Å². The highest BCUT2D eigenvalue weighted by atomic mass is 19.2. The fourth-order valence-corrected chi connectivity index (χ4v) is 4.54. The van der Waals surface area contributed by atoms with E-state index in [0.717, 1.165) is 6.92 Å². The number of carbonyl (C=O) groups is 4. The summed E-state index contributed by atoms with van der Waals surface area (Å²) in [5, 5.41) is 25.6. The van der Waals surface area contributed by atoms with Crippen molar-refractivity contribution in [1.82, 2.24) is 10.6 Å². The van der Waals surface area contributed by atoms with Crippen molar-refractivity contribution in [2.24, 2.45) is 11.8 Å². The lowest BCUT2D eigenvalue weighted by Crippen LogP contribution is -2.59. The van der Waals surface area contributed by atoms with Gasteiger partial charge in [-0.2, -0.15) is 0 Å². The van der Waals surface area contributed by atoms with Gasteiger partial charge in [-0.1, -0.05) is 26.0 Å². The van der Waals surface area contributed by atoms with Crippen LogP contribution in [0.2, 0.25) is 0 Å². The Bertz CT molecular complexity index is 1410. The van der Waals surface area contributed by atoms with E-state index in [1.807, 2.05) is 0 Å². The van der Waals surface area contributed by atoms with E-state index >= 15 is 0 Å². The molecule has 0 bridgehead atoms. The summed E-state index contributed by atoms with van der Waals surface area (Å²) in [6.45, 7) is 5.67. The first-order chi connectivity index (χ1) is 20.5. The van der Waals surface area contributed by atoms with Crippen LogP contribution < -0.4 is 10.6 Å². The van der Waals surface area contributed by atoms with Crippen LogP contribution in [0, 0.1) is 40.9 Å². The summed E-state index contributed by atoms with van der Waals surface area (Å²) in [6.07, 6.45) is -6.39. The van der Waals surface area contributed by atoms with Crippen LogP contribution in [0.4, 0.5) is 22.0 Å². The van der Waals surface area contributed by atoms with Gasteiger partial charge in [-0.25, -0.2) is 26.7 Å². The molecule has 0 radical (unpaired) electrons. The molecule has 1 aliphatic rings. The summed E-state index contributed by atoms with van der Waals surface area (Å²) in [7, 11) is 0. The summed E-state index contributed by atoms with van der Waals surface area (Å²) in [5.74, 6) is -18.3. The van der Waals surface area contributed by atoms with Gasteiger partial charge in [0.05, 0.1) is 23.6 Å². The number of aliphatic hydroxyl groups excluding tert-OH is 1. The van der Waals surface area contributed by atoms with Crippen molar-refractivity contribution in [3.05, 3.63) is 64.5 Å². The first kappa shape index (κ1) is 34.2. The van der Waals surface area contributed by atoms with Crippen molar-refractivity contribution < 1.29 is 60.8 Å². The molecule has 0 aliphatic carbocycles. The van der Waals surface area contributed by atoms with E-state index in [1.54, 1.807) is 13.8 Å². The molecule has 0 saturated carbocycles. The predicted octanol–water partition coefficient (Wildman–Crippen LogP) is 2.81. The lowest BCUT2D eigenvalue weighted by atomic mass is 9.91. The Labute approximate surface area is 248 Å². The molecule has 44 heavy (non-hydrogen) atoms. The predicted molar refractivity (Wildman–Crippen MR) is 141 cm³/mol. The van der Waals surface area contributed by atoms with Crippen LogP contribution in [0.3, 0.4) is 0 Å². The monoisotopic (exact) mass is 630 g/mol. The number of nitrogens with one attached hydrogen (secondary N) is 2. The second kappa shape index (κ2) is 14.0. The summed E-state index contributed by atoms with van der Waals surface area (Å²) in [4.78, 5) is 52.5. The van der Waals surface area contributed by atoms with Crippen LogP contribution in [0.1, 0.15) is 50.0 Å². The van der Waals surface area contributed by atoms with Crippen molar-refractivity contribution in [3.8, 4) is 5.75 Å². The molecule has 2 aromatic rings. The molecule has 3 rings (SSSR count). The highest BCUT2D eigenvalue weighted by Gasteiger charge is 2.41. The number of phenols is 1. The third-order valence-corrected chi connectivity index (χ3v) is 7.04. The number of phenolic OH excluding ortho intramolecular Hbond substituents is 1. The lowest BCUT2D eigenvalue weighted by Gasteiger charge is -2.33. The minimum atomic E-state index is -2.43. The lowest BCUT2D eigenvalue weighted by molar-refractivity contribution is -0.178. The average Bonchev–Trinajstić information content (AvgIpc) is 2.97. The topological polar surface area (TPSA) is 151 Å². The van der Waals surface area contributed by atoms with Gasteiger partial charge in [0.1, 0.15) is 17.9 Å². The molecule has 1 fully saturated rings. The van der Waals surface area contributed by atoms with Crippen molar-refractivity contribution in [1.29, 1.82) is 0 Å². The van der Waals surface area contributed by atoms with Crippen molar-refractivity contribution in [2.75, 3.05) is 0 Å². The standard InChI is InChI=1S/C29H31F5N2O8/c1-11(2)9-18-29(42)43-13(4)24(36-26(39)14-7-5-6-8-17(14)37)27(40)35-16(25(38)12(3)28(41)44-18)10-15-19(30)21(32)23(34)22(33)20(15)31/h5-8,11-13,16,18,24-25,37-38H,9-10H2,1-4H3,(H,35,40)(H,36,39)/t12-,13-,16+,18?,24+,25+/m1/s1. The number of para-hydroxylation sites is 1. The molecule has 1 unspecified atom stereocenters.